The van der Waals surface area contributed by atoms with Crippen molar-refractivity contribution in [3.05, 3.63) is 29.8 Å². The second-order valence-electron chi connectivity index (χ2n) is 2.07. The molecule has 2 rings (SSSR count). The van der Waals surface area contributed by atoms with Gasteiger partial charge in [-0.25, -0.2) is 5.43 Å². The molecule has 10 heavy (non-hydrogen) atoms. The van der Waals surface area contributed by atoms with Gasteiger partial charge in [-0.2, -0.15) is 5.43 Å². The smallest absolute Gasteiger partial charge is 0.267 e. The minimum absolute atomic E-state index is 0.115. The number of hydrogen-bond donors (Lipinski definition) is 1. The summed E-state index contributed by atoms with van der Waals surface area (Å²) in [7, 11) is 0. The molecule has 1 aromatic rings. The Bertz CT molecular complexity index is 283. The summed E-state index contributed by atoms with van der Waals surface area (Å²) < 4.78 is 0. The summed E-state index contributed by atoms with van der Waals surface area (Å²) in [6.45, 7) is 0. The molecule has 1 aromatic carbocycles. The van der Waals surface area contributed by atoms with Crippen molar-refractivity contribution in [2.24, 2.45) is 0 Å². The molecule has 0 fully saturated rings. The molecule has 0 aliphatic carbocycles. The first kappa shape index (κ1) is 5.29. The van der Waals surface area contributed by atoms with Crippen LogP contribution in [0.1, 0.15) is 10.4 Å². The van der Waals surface area contributed by atoms with Gasteiger partial charge >= 0.3 is 0 Å². The fraction of sp³-hybridized carbons (Fsp3) is 0. The van der Waals surface area contributed by atoms with Crippen molar-refractivity contribution in [2.75, 3.05) is 0 Å². The van der Waals surface area contributed by atoms with Crippen LogP contribution < -0.4 is 10.9 Å². The summed E-state index contributed by atoms with van der Waals surface area (Å²) in [5, 5.41) is 0. The first-order valence-electron chi connectivity index (χ1n) is 2.98. The highest BCUT2D eigenvalue weighted by molar-refractivity contribution is 6.01. The van der Waals surface area contributed by atoms with Gasteiger partial charge in [-0.3, -0.25) is 4.79 Å². The molecule has 3 nitrogen and oxygen atoms in total. The molecule has 0 saturated heterocycles. The van der Waals surface area contributed by atoms with Gasteiger partial charge in [-0.05, 0) is 12.1 Å². The molecule has 0 aromatic heterocycles. The Morgan fingerprint density at radius 2 is 2.10 bits per heavy atom. The molecule has 1 aliphatic rings. The lowest BCUT2D eigenvalue weighted by atomic mass is 10.2. The van der Waals surface area contributed by atoms with E-state index in [1.807, 2.05) is 12.1 Å². The number of hydrogen-bond acceptors (Lipinski definition) is 1. The van der Waals surface area contributed by atoms with E-state index < -0.39 is 0 Å². The van der Waals surface area contributed by atoms with E-state index in [4.69, 9.17) is 0 Å². The van der Waals surface area contributed by atoms with E-state index in [1.165, 1.54) is 0 Å². The lowest BCUT2D eigenvalue weighted by Crippen LogP contribution is -2.18. The van der Waals surface area contributed by atoms with Crippen molar-refractivity contribution < 1.29 is 4.79 Å². The van der Waals surface area contributed by atoms with Gasteiger partial charge in [0.25, 0.3) is 5.91 Å². The zero-order valence-corrected chi connectivity index (χ0v) is 5.16. The van der Waals surface area contributed by atoms with E-state index in [0.29, 0.717) is 5.56 Å². The zero-order chi connectivity index (χ0) is 6.97. The summed E-state index contributed by atoms with van der Waals surface area (Å²) in [5.41, 5.74) is 7.54. The number of nitrogens with zero attached hydrogens (tertiary/aromatic N) is 1. The highest BCUT2D eigenvalue weighted by atomic mass is 16.2. The van der Waals surface area contributed by atoms with Gasteiger partial charge < -0.3 is 0 Å². The number of carbonyl (C=O) groups is 1. The first-order valence-corrected chi connectivity index (χ1v) is 2.98. The summed E-state index contributed by atoms with van der Waals surface area (Å²) in [4.78, 5) is 10.9. The molecular formula is C7H5N2O. The monoisotopic (exact) mass is 133 g/mol. The largest absolute Gasteiger partial charge is 0.273 e. The summed E-state index contributed by atoms with van der Waals surface area (Å²) in [6.07, 6.45) is 0. The van der Waals surface area contributed by atoms with Crippen molar-refractivity contribution in [3.63, 3.8) is 0 Å². The fourth-order valence-corrected chi connectivity index (χ4v) is 0.934. The predicted molar refractivity (Wildman–Crippen MR) is 35.7 cm³/mol. The van der Waals surface area contributed by atoms with Crippen molar-refractivity contribution in [1.29, 1.82) is 0 Å². The molecular weight excluding hydrogens is 128 g/mol. The molecule has 0 spiro atoms. The van der Waals surface area contributed by atoms with Crippen LogP contribution in [0.15, 0.2) is 24.3 Å². The molecule has 3 heteroatoms. The van der Waals surface area contributed by atoms with Crippen LogP contribution in [0.2, 0.25) is 0 Å². The molecule has 0 atom stereocenters. The van der Waals surface area contributed by atoms with Crippen LogP contribution in [0.3, 0.4) is 0 Å². The lowest BCUT2D eigenvalue weighted by Gasteiger charge is -1.88. The topological polar surface area (TPSA) is 43.2 Å². The number of carbonyl (C=O) groups excluding carboxylic acids is 1. The van der Waals surface area contributed by atoms with Crippen LogP contribution in [0.4, 0.5) is 5.69 Å². The SMILES string of the molecule is O=C1N[N]c2ccccc21. The number of benzene rings is 1. The molecule has 1 radical (unpaired) electrons. The van der Waals surface area contributed by atoms with Gasteiger partial charge in [-0.15, -0.1) is 0 Å². The van der Waals surface area contributed by atoms with Crippen molar-refractivity contribution in [1.82, 2.24) is 10.9 Å². The van der Waals surface area contributed by atoms with E-state index in [-0.39, 0.29) is 5.91 Å². The lowest BCUT2D eigenvalue weighted by molar-refractivity contribution is 0.0957. The molecule has 1 amide bonds. The zero-order valence-electron chi connectivity index (χ0n) is 5.16. The predicted octanol–water partition coefficient (Wildman–Crippen LogP) is 0.581. The molecule has 0 saturated carbocycles. The second kappa shape index (κ2) is 1.73. The van der Waals surface area contributed by atoms with Gasteiger partial charge in [0.15, 0.2) is 0 Å². The Balaban J connectivity index is 2.61. The molecule has 49 valence electrons. The highest BCUT2D eigenvalue weighted by Gasteiger charge is 2.18. The summed E-state index contributed by atoms with van der Waals surface area (Å²) >= 11 is 0. The standard InChI is InChI=1S/C7H5N2O/c10-7-5-3-1-2-4-6(5)8-9-7/h1-4H,(H,9,10). The van der Waals surface area contributed by atoms with Crippen LogP contribution in [0.5, 0.6) is 0 Å². The third kappa shape index (κ3) is 0.572. The van der Waals surface area contributed by atoms with Crippen LogP contribution in [-0.4, -0.2) is 5.91 Å². The van der Waals surface area contributed by atoms with Gasteiger partial charge in [-0.1, -0.05) is 12.1 Å². The van der Waals surface area contributed by atoms with E-state index in [1.54, 1.807) is 12.1 Å². The van der Waals surface area contributed by atoms with E-state index in [2.05, 4.69) is 10.9 Å². The van der Waals surface area contributed by atoms with E-state index in [9.17, 15) is 4.79 Å². The maximum Gasteiger partial charge on any atom is 0.273 e. The maximum atomic E-state index is 10.9. The molecule has 1 heterocycles. The van der Waals surface area contributed by atoms with Gasteiger partial charge in [0.1, 0.15) is 0 Å². The quantitative estimate of drug-likeness (QED) is 0.552. The number of nitrogens with one attached hydrogen (secondary N) is 1. The third-order valence-corrected chi connectivity index (χ3v) is 1.43. The van der Waals surface area contributed by atoms with Crippen LogP contribution in [0.25, 0.3) is 0 Å². The Hall–Kier alpha value is -1.51. The Labute approximate surface area is 58.0 Å². The minimum Gasteiger partial charge on any atom is -0.267 e. The van der Waals surface area contributed by atoms with E-state index >= 15 is 0 Å². The Kier molecular flexibility index (Phi) is 0.917. The van der Waals surface area contributed by atoms with E-state index in [0.717, 1.165) is 5.69 Å². The van der Waals surface area contributed by atoms with Gasteiger partial charge in [0.05, 0.1) is 11.3 Å². The average Bonchev–Trinajstić information content (AvgIpc) is 2.34. The molecule has 0 unspecified atom stereocenters. The fourth-order valence-electron chi connectivity index (χ4n) is 0.934. The second-order valence-corrected chi connectivity index (χ2v) is 2.07. The number of fused-ring (bicyclic) bond motifs is 1. The summed E-state index contributed by atoms with van der Waals surface area (Å²) in [5.74, 6) is -0.115. The third-order valence-electron chi connectivity index (χ3n) is 1.43. The van der Waals surface area contributed by atoms with Crippen LogP contribution >= 0.6 is 0 Å². The van der Waals surface area contributed by atoms with Gasteiger partial charge in [0, 0.05) is 0 Å². The minimum atomic E-state index is -0.115. The molecule has 1 N–H and O–H groups in total. The number of amides is 1. The average molecular weight is 133 g/mol. The normalized spacial score (nSPS) is 13.8. The molecule has 0 bridgehead atoms. The highest BCUT2D eigenvalue weighted by Crippen LogP contribution is 2.17. The Morgan fingerprint density at radius 1 is 1.30 bits per heavy atom. The van der Waals surface area contributed by atoms with Crippen molar-refractivity contribution >= 4 is 11.6 Å². The molecule has 1 aliphatic heterocycles. The van der Waals surface area contributed by atoms with Gasteiger partial charge in [0.2, 0.25) is 0 Å². The number of para-hydroxylation sites is 1. The summed E-state index contributed by atoms with van der Waals surface area (Å²) in [6, 6.07) is 7.22. The van der Waals surface area contributed by atoms with Crippen molar-refractivity contribution in [2.45, 2.75) is 0 Å². The van der Waals surface area contributed by atoms with Crippen molar-refractivity contribution in [3.8, 4) is 0 Å². The Morgan fingerprint density at radius 3 is 2.90 bits per heavy atom. The van der Waals surface area contributed by atoms with Crippen LogP contribution in [-0.2, 0) is 0 Å². The van der Waals surface area contributed by atoms with Crippen LogP contribution in [0, 0.1) is 0 Å². The first-order chi connectivity index (χ1) is 4.88. The number of rotatable bonds is 0. The maximum absolute atomic E-state index is 10.9.